The number of rotatable bonds is 6. The molecule has 138 valence electrons. The van der Waals surface area contributed by atoms with Crippen molar-refractivity contribution in [1.29, 1.82) is 0 Å². The fraction of sp³-hybridized carbons (Fsp3) is 0.722. The number of aryl methyl sites for hydroxylation is 1. The maximum absolute atomic E-state index is 5.95. The van der Waals surface area contributed by atoms with Gasteiger partial charge in [0.2, 0.25) is 5.89 Å². The first-order chi connectivity index (χ1) is 11.9. The smallest absolute Gasteiger partial charge is 0.243 e. The Balaban J connectivity index is 1.59. The van der Waals surface area contributed by atoms with Crippen LogP contribution in [0.4, 0.5) is 0 Å². The van der Waals surface area contributed by atoms with Crippen molar-refractivity contribution in [1.82, 2.24) is 25.2 Å². The summed E-state index contributed by atoms with van der Waals surface area (Å²) in [5, 5.41) is 12.0. The second kappa shape index (κ2) is 7.25. The van der Waals surface area contributed by atoms with Crippen LogP contribution in [0.5, 0.6) is 0 Å². The van der Waals surface area contributed by atoms with Gasteiger partial charge in [-0.2, -0.15) is 10.1 Å². The van der Waals surface area contributed by atoms with Gasteiger partial charge in [0.1, 0.15) is 0 Å². The van der Waals surface area contributed by atoms with Crippen LogP contribution in [0.3, 0.4) is 0 Å². The van der Waals surface area contributed by atoms with E-state index < -0.39 is 0 Å². The number of nitrogens with zero attached hydrogens (tertiary/aromatic N) is 4. The van der Waals surface area contributed by atoms with Crippen molar-refractivity contribution in [2.45, 2.75) is 65.1 Å². The van der Waals surface area contributed by atoms with Crippen molar-refractivity contribution in [2.75, 3.05) is 13.2 Å². The number of aromatic nitrogens is 4. The van der Waals surface area contributed by atoms with Crippen molar-refractivity contribution in [3.8, 4) is 0 Å². The van der Waals surface area contributed by atoms with Gasteiger partial charge in [0.05, 0.1) is 18.3 Å². The van der Waals surface area contributed by atoms with Crippen LogP contribution in [0, 0.1) is 5.92 Å². The van der Waals surface area contributed by atoms with Crippen LogP contribution in [0.2, 0.25) is 0 Å². The second-order valence-electron chi connectivity index (χ2n) is 7.81. The molecule has 1 fully saturated rings. The zero-order valence-electron chi connectivity index (χ0n) is 15.8. The molecule has 0 spiro atoms. The van der Waals surface area contributed by atoms with Crippen LogP contribution < -0.4 is 5.32 Å². The Bertz CT molecular complexity index is 688. The molecule has 25 heavy (non-hydrogen) atoms. The molecule has 1 saturated heterocycles. The molecule has 7 heteroatoms. The van der Waals surface area contributed by atoms with Crippen LogP contribution in [-0.2, 0) is 16.7 Å². The van der Waals surface area contributed by atoms with Crippen molar-refractivity contribution in [3.05, 3.63) is 29.7 Å². The molecule has 1 N–H and O–H groups in total. The molecular weight excluding hydrogens is 318 g/mol. The SMILES string of the molecule is CCn1cc([C@@H]2OCC[C@@H]2CN[C@H](C)c2nc(C(C)(C)C)no2)cn1. The van der Waals surface area contributed by atoms with Crippen LogP contribution in [0.15, 0.2) is 16.9 Å². The molecule has 3 rings (SSSR count). The van der Waals surface area contributed by atoms with Crippen molar-refractivity contribution < 1.29 is 9.26 Å². The minimum Gasteiger partial charge on any atom is -0.373 e. The molecule has 1 aliphatic rings. The molecule has 0 aliphatic carbocycles. The van der Waals surface area contributed by atoms with Gasteiger partial charge in [0.25, 0.3) is 0 Å². The standard InChI is InChI=1S/C18H29N5O2/c1-6-23-11-14(10-20-23)15-13(7-8-24-15)9-19-12(2)16-21-17(22-25-16)18(3,4)5/h10-13,15,19H,6-9H2,1-5H3/t12-,13-,15-/m1/s1. The molecule has 3 atom stereocenters. The molecule has 1 aliphatic heterocycles. The van der Waals surface area contributed by atoms with Crippen LogP contribution in [0.1, 0.15) is 70.5 Å². The number of ether oxygens (including phenoxy) is 1. The Hall–Kier alpha value is -1.73. The van der Waals surface area contributed by atoms with E-state index in [0.29, 0.717) is 11.8 Å². The predicted molar refractivity (Wildman–Crippen MR) is 94.1 cm³/mol. The third-order valence-electron chi connectivity index (χ3n) is 4.69. The summed E-state index contributed by atoms with van der Waals surface area (Å²) in [6.07, 6.45) is 5.15. The van der Waals surface area contributed by atoms with Crippen LogP contribution >= 0.6 is 0 Å². The fourth-order valence-electron chi connectivity index (χ4n) is 3.04. The summed E-state index contributed by atoms with van der Waals surface area (Å²) in [7, 11) is 0. The highest BCUT2D eigenvalue weighted by atomic mass is 16.5. The van der Waals surface area contributed by atoms with Gasteiger partial charge in [-0.05, 0) is 20.3 Å². The lowest BCUT2D eigenvalue weighted by atomic mass is 9.96. The summed E-state index contributed by atoms with van der Waals surface area (Å²) in [6.45, 7) is 12.9. The van der Waals surface area contributed by atoms with Gasteiger partial charge in [-0.3, -0.25) is 4.68 Å². The molecule has 3 heterocycles. The average molecular weight is 347 g/mol. The van der Waals surface area contributed by atoms with E-state index in [4.69, 9.17) is 9.26 Å². The lowest BCUT2D eigenvalue weighted by Gasteiger charge is -2.19. The Morgan fingerprint density at radius 2 is 2.20 bits per heavy atom. The first-order valence-electron chi connectivity index (χ1n) is 9.10. The molecule has 0 bridgehead atoms. The van der Waals surface area contributed by atoms with Gasteiger partial charge < -0.3 is 14.6 Å². The van der Waals surface area contributed by atoms with E-state index >= 15 is 0 Å². The van der Waals surface area contributed by atoms with E-state index in [0.717, 1.165) is 37.5 Å². The highest BCUT2D eigenvalue weighted by Crippen LogP contribution is 2.34. The topological polar surface area (TPSA) is 78.0 Å². The average Bonchev–Trinajstić information content (AvgIpc) is 3.30. The van der Waals surface area contributed by atoms with E-state index in [2.05, 4.69) is 61.4 Å². The van der Waals surface area contributed by atoms with E-state index in [-0.39, 0.29) is 17.6 Å². The maximum Gasteiger partial charge on any atom is 0.243 e. The van der Waals surface area contributed by atoms with Crippen molar-refractivity contribution in [2.24, 2.45) is 5.92 Å². The molecule has 7 nitrogen and oxygen atoms in total. The zero-order valence-corrected chi connectivity index (χ0v) is 15.8. The summed E-state index contributed by atoms with van der Waals surface area (Å²) < 4.78 is 13.3. The van der Waals surface area contributed by atoms with E-state index in [1.54, 1.807) is 0 Å². The Labute approximate surface area is 149 Å². The molecule has 0 amide bonds. The zero-order chi connectivity index (χ0) is 18.0. The molecule has 0 radical (unpaired) electrons. The molecule has 0 saturated carbocycles. The summed E-state index contributed by atoms with van der Waals surface area (Å²) in [6, 6.07) is 0.0169. The molecule has 2 aromatic heterocycles. The highest BCUT2D eigenvalue weighted by Gasteiger charge is 2.31. The van der Waals surface area contributed by atoms with Gasteiger partial charge in [-0.1, -0.05) is 25.9 Å². The van der Waals surface area contributed by atoms with Crippen LogP contribution in [0.25, 0.3) is 0 Å². The summed E-state index contributed by atoms with van der Waals surface area (Å²) in [5.74, 6) is 1.80. The Morgan fingerprint density at radius 3 is 2.84 bits per heavy atom. The third kappa shape index (κ3) is 4.10. The minimum absolute atomic E-state index is 0.0169. The van der Waals surface area contributed by atoms with Gasteiger partial charge in [0.15, 0.2) is 5.82 Å². The lowest BCUT2D eigenvalue weighted by Crippen LogP contribution is -2.27. The maximum atomic E-state index is 5.95. The first-order valence-corrected chi connectivity index (χ1v) is 9.10. The number of hydrogen-bond acceptors (Lipinski definition) is 6. The molecular formula is C18H29N5O2. The monoisotopic (exact) mass is 347 g/mol. The molecule has 2 aromatic rings. The third-order valence-corrected chi connectivity index (χ3v) is 4.69. The normalized spacial score (nSPS) is 22.4. The van der Waals surface area contributed by atoms with Crippen molar-refractivity contribution >= 4 is 0 Å². The van der Waals surface area contributed by atoms with Crippen LogP contribution in [-0.4, -0.2) is 33.1 Å². The predicted octanol–water partition coefficient (Wildman–Crippen LogP) is 3.01. The van der Waals surface area contributed by atoms with Gasteiger partial charge in [0, 0.05) is 42.8 Å². The Morgan fingerprint density at radius 1 is 1.40 bits per heavy atom. The Kier molecular flexibility index (Phi) is 5.24. The molecule has 0 aromatic carbocycles. The van der Waals surface area contributed by atoms with Gasteiger partial charge in [-0.15, -0.1) is 0 Å². The highest BCUT2D eigenvalue weighted by molar-refractivity contribution is 5.11. The number of hydrogen-bond donors (Lipinski definition) is 1. The first kappa shape index (κ1) is 18.1. The molecule has 0 unspecified atom stereocenters. The second-order valence-corrected chi connectivity index (χ2v) is 7.81. The largest absolute Gasteiger partial charge is 0.373 e. The summed E-state index contributed by atoms with van der Waals surface area (Å²) >= 11 is 0. The lowest BCUT2D eigenvalue weighted by molar-refractivity contribution is 0.0895. The van der Waals surface area contributed by atoms with Crippen molar-refractivity contribution in [3.63, 3.8) is 0 Å². The fourth-order valence-corrected chi connectivity index (χ4v) is 3.04. The van der Waals surface area contributed by atoms with E-state index in [1.165, 1.54) is 0 Å². The van der Waals surface area contributed by atoms with E-state index in [1.807, 2.05) is 10.9 Å². The summed E-state index contributed by atoms with van der Waals surface area (Å²) in [4.78, 5) is 4.53. The van der Waals surface area contributed by atoms with E-state index in [9.17, 15) is 0 Å². The minimum atomic E-state index is -0.106. The quantitative estimate of drug-likeness (QED) is 0.865. The summed E-state index contributed by atoms with van der Waals surface area (Å²) in [5.41, 5.74) is 1.05. The van der Waals surface area contributed by atoms with Gasteiger partial charge >= 0.3 is 0 Å². The number of nitrogens with one attached hydrogen (secondary N) is 1. The van der Waals surface area contributed by atoms with Gasteiger partial charge in [-0.25, -0.2) is 0 Å².